The molecule has 0 spiro atoms. The van der Waals surface area contributed by atoms with Gasteiger partial charge in [-0.05, 0) is 47.4 Å². The van der Waals surface area contributed by atoms with Gasteiger partial charge in [-0.3, -0.25) is 0 Å². The molecule has 4 nitrogen and oxygen atoms in total. The quantitative estimate of drug-likeness (QED) is 0.867. The summed E-state index contributed by atoms with van der Waals surface area (Å²) in [6, 6.07) is 7.08. The van der Waals surface area contributed by atoms with Crippen molar-refractivity contribution in [2.45, 2.75) is 23.8 Å². The van der Waals surface area contributed by atoms with Gasteiger partial charge in [0.1, 0.15) is 0 Å². The molecule has 1 fully saturated rings. The minimum absolute atomic E-state index is 0. The fourth-order valence-corrected chi connectivity index (χ4v) is 3.96. The minimum Gasteiger partial charge on any atom is -0.313 e. The zero-order valence-electron chi connectivity index (χ0n) is 9.73. The van der Waals surface area contributed by atoms with Gasteiger partial charge in [0.05, 0.1) is 4.90 Å². The number of hydrogen-bond donors (Lipinski definition) is 2. The molecule has 1 atom stereocenters. The summed E-state index contributed by atoms with van der Waals surface area (Å²) in [5, 5.41) is 3.26. The van der Waals surface area contributed by atoms with Crippen LogP contribution in [0.5, 0.6) is 0 Å². The van der Waals surface area contributed by atoms with Crippen molar-refractivity contribution < 1.29 is 8.42 Å². The Bertz CT molecular complexity index is 490. The van der Waals surface area contributed by atoms with Gasteiger partial charge in [0.15, 0.2) is 0 Å². The highest BCUT2D eigenvalue weighted by Gasteiger charge is 2.20. The van der Waals surface area contributed by atoms with Crippen LogP contribution in [0, 0.1) is 0 Å². The Kier molecular flexibility index (Phi) is 6.07. The number of rotatable bonds is 4. The first-order valence-electron chi connectivity index (χ1n) is 5.57. The molecule has 2 N–H and O–H groups in total. The van der Waals surface area contributed by atoms with E-state index >= 15 is 0 Å². The second-order valence-corrected chi connectivity index (χ2v) is 6.67. The van der Waals surface area contributed by atoms with Gasteiger partial charge in [-0.2, -0.15) is 0 Å². The molecule has 0 radical (unpaired) electrons. The summed E-state index contributed by atoms with van der Waals surface area (Å²) in [6.07, 6.45) is 2.14. The molecule has 0 bridgehead atoms. The summed E-state index contributed by atoms with van der Waals surface area (Å²) in [5.74, 6) is 0. The lowest BCUT2D eigenvalue weighted by Gasteiger charge is -2.12. The lowest BCUT2D eigenvalue weighted by atomic mass is 10.2. The van der Waals surface area contributed by atoms with E-state index in [1.54, 1.807) is 24.3 Å². The van der Waals surface area contributed by atoms with E-state index in [9.17, 15) is 8.42 Å². The molecule has 0 amide bonds. The van der Waals surface area contributed by atoms with E-state index in [1.807, 2.05) is 0 Å². The predicted octanol–water partition coefficient (Wildman–Crippen LogP) is 1.90. The summed E-state index contributed by atoms with van der Waals surface area (Å²) in [6.45, 7) is 1.42. The van der Waals surface area contributed by atoms with Crippen LogP contribution in [0.25, 0.3) is 0 Å². The maximum Gasteiger partial charge on any atom is 0.241 e. The molecule has 0 aliphatic carbocycles. The maximum absolute atomic E-state index is 12.0. The van der Waals surface area contributed by atoms with Crippen LogP contribution in [0.15, 0.2) is 33.6 Å². The average molecular weight is 356 g/mol. The lowest BCUT2D eigenvalue weighted by Crippen LogP contribution is -2.37. The van der Waals surface area contributed by atoms with E-state index < -0.39 is 10.0 Å². The molecule has 2 rings (SSSR count). The molecular formula is C11H16BrClN2O2S. The van der Waals surface area contributed by atoms with Crippen LogP contribution in [0.4, 0.5) is 0 Å². The van der Waals surface area contributed by atoms with E-state index in [4.69, 9.17) is 0 Å². The molecule has 1 saturated heterocycles. The second kappa shape index (κ2) is 6.86. The number of nitrogens with one attached hydrogen (secondary N) is 2. The topological polar surface area (TPSA) is 58.2 Å². The van der Waals surface area contributed by atoms with Gasteiger partial charge >= 0.3 is 0 Å². The molecule has 1 unspecified atom stereocenters. The van der Waals surface area contributed by atoms with E-state index in [0.717, 1.165) is 19.4 Å². The van der Waals surface area contributed by atoms with Crippen molar-refractivity contribution in [3.05, 3.63) is 28.7 Å². The SMILES string of the molecule is Cl.O=S(=O)(NCC1CCCN1)c1ccccc1Br. The number of halogens is 2. The Hall–Kier alpha value is -0.140. The fourth-order valence-electron chi connectivity index (χ4n) is 1.88. The third-order valence-electron chi connectivity index (χ3n) is 2.81. The molecule has 1 aromatic carbocycles. The van der Waals surface area contributed by atoms with Crippen LogP contribution in [0.3, 0.4) is 0 Å². The standard InChI is InChI=1S/C11H15BrN2O2S.ClH/c12-10-5-1-2-6-11(10)17(15,16)14-8-9-4-3-7-13-9;/h1-2,5-6,9,13-14H,3-4,7-8H2;1H. The van der Waals surface area contributed by atoms with Crippen LogP contribution < -0.4 is 10.0 Å². The van der Waals surface area contributed by atoms with Crippen LogP contribution in [0.1, 0.15) is 12.8 Å². The normalized spacial score (nSPS) is 19.5. The van der Waals surface area contributed by atoms with Crippen molar-refractivity contribution in [3.63, 3.8) is 0 Å². The van der Waals surface area contributed by atoms with Gasteiger partial charge in [0.25, 0.3) is 0 Å². The van der Waals surface area contributed by atoms with Gasteiger partial charge in [0.2, 0.25) is 10.0 Å². The van der Waals surface area contributed by atoms with Crippen molar-refractivity contribution in [2.75, 3.05) is 13.1 Å². The first-order valence-corrected chi connectivity index (χ1v) is 7.85. The number of hydrogen-bond acceptors (Lipinski definition) is 3. The molecule has 0 aromatic heterocycles. The summed E-state index contributed by atoms with van der Waals surface area (Å²) < 4.78 is 27.3. The molecule has 18 heavy (non-hydrogen) atoms. The fraction of sp³-hybridized carbons (Fsp3) is 0.455. The summed E-state index contributed by atoms with van der Waals surface area (Å²) >= 11 is 3.25. The van der Waals surface area contributed by atoms with Gasteiger partial charge in [-0.1, -0.05) is 12.1 Å². The molecule has 102 valence electrons. The van der Waals surface area contributed by atoms with Crippen LogP contribution >= 0.6 is 28.3 Å². The summed E-state index contributed by atoms with van der Waals surface area (Å²) in [7, 11) is -3.42. The van der Waals surface area contributed by atoms with E-state index in [0.29, 0.717) is 11.0 Å². The first kappa shape index (κ1) is 15.9. The average Bonchev–Trinajstić information content (AvgIpc) is 2.80. The van der Waals surface area contributed by atoms with Crippen molar-refractivity contribution in [2.24, 2.45) is 0 Å². The van der Waals surface area contributed by atoms with E-state index in [2.05, 4.69) is 26.0 Å². The smallest absolute Gasteiger partial charge is 0.241 e. The highest BCUT2D eigenvalue weighted by Crippen LogP contribution is 2.20. The van der Waals surface area contributed by atoms with Gasteiger partial charge in [0, 0.05) is 17.1 Å². The third-order valence-corrected chi connectivity index (χ3v) is 5.24. The van der Waals surface area contributed by atoms with Crippen molar-refractivity contribution >= 4 is 38.4 Å². The highest BCUT2D eigenvalue weighted by molar-refractivity contribution is 9.10. The van der Waals surface area contributed by atoms with Crippen LogP contribution in [-0.2, 0) is 10.0 Å². The largest absolute Gasteiger partial charge is 0.313 e. The summed E-state index contributed by atoms with van der Waals surface area (Å²) in [4.78, 5) is 0.290. The van der Waals surface area contributed by atoms with Crippen LogP contribution in [0.2, 0.25) is 0 Å². The van der Waals surface area contributed by atoms with Gasteiger partial charge < -0.3 is 5.32 Å². The van der Waals surface area contributed by atoms with Crippen LogP contribution in [-0.4, -0.2) is 27.5 Å². The molecule has 1 aromatic rings. The Balaban J connectivity index is 0.00000162. The molecule has 1 aliphatic rings. The highest BCUT2D eigenvalue weighted by atomic mass is 79.9. The maximum atomic E-state index is 12.0. The minimum atomic E-state index is -3.42. The van der Waals surface area contributed by atoms with Crippen molar-refractivity contribution in [1.82, 2.24) is 10.0 Å². The zero-order chi connectivity index (χ0) is 12.3. The van der Waals surface area contributed by atoms with E-state index in [-0.39, 0.29) is 23.3 Å². The Morgan fingerprint density at radius 1 is 1.39 bits per heavy atom. The monoisotopic (exact) mass is 354 g/mol. The first-order chi connectivity index (χ1) is 8.09. The Morgan fingerprint density at radius 2 is 2.11 bits per heavy atom. The number of benzene rings is 1. The molecule has 1 heterocycles. The Labute approximate surface area is 122 Å². The molecule has 1 aliphatic heterocycles. The van der Waals surface area contributed by atoms with Crippen molar-refractivity contribution in [3.8, 4) is 0 Å². The van der Waals surface area contributed by atoms with E-state index in [1.165, 1.54) is 0 Å². The lowest BCUT2D eigenvalue weighted by molar-refractivity contribution is 0.551. The second-order valence-electron chi connectivity index (χ2n) is 4.08. The third kappa shape index (κ3) is 3.93. The molecular weight excluding hydrogens is 340 g/mol. The van der Waals surface area contributed by atoms with Gasteiger partial charge in [-0.25, -0.2) is 13.1 Å². The Morgan fingerprint density at radius 3 is 2.72 bits per heavy atom. The van der Waals surface area contributed by atoms with Gasteiger partial charge in [-0.15, -0.1) is 12.4 Å². The predicted molar refractivity (Wildman–Crippen MR) is 77.6 cm³/mol. The van der Waals surface area contributed by atoms with Crippen molar-refractivity contribution in [1.29, 1.82) is 0 Å². The number of sulfonamides is 1. The molecule has 7 heteroatoms. The zero-order valence-corrected chi connectivity index (χ0v) is 12.9. The molecule has 0 saturated carbocycles. The summed E-state index contributed by atoms with van der Waals surface area (Å²) in [5.41, 5.74) is 0.